The topological polar surface area (TPSA) is 91.0 Å². The molecule has 2 fully saturated rings. The molecule has 0 radical (unpaired) electrons. The van der Waals surface area contributed by atoms with Crippen LogP contribution in [0.4, 0.5) is 5.69 Å². The summed E-state index contributed by atoms with van der Waals surface area (Å²) in [5.74, 6) is -2.27. The Labute approximate surface area is 197 Å². The van der Waals surface area contributed by atoms with Gasteiger partial charge in [-0.1, -0.05) is 30.3 Å². The monoisotopic (exact) mass is 451 g/mol. The summed E-state index contributed by atoms with van der Waals surface area (Å²) in [6, 6.07) is 10.7. The van der Waals surface area contributed by atoms with Gasteiger partial charge in [-0.25, -0.2) is 0 Å². The third-order valence-electron chi connectivity index (χ3n) is 6.08. The molecule has 0 saturated carbocycles. The van der Waals surface area contributed by atoms with Gasteiger partial charge in [0.2, 0.25) is 11.8 Å². The highest BCUT2D eigenvalue weighted by Gasteiger charge is 2.39. The van der Waals surface area contributed by atoms with Gasteiger partial charge in [0.05, 0.1) is 17.3 Å². The molecule has 0 aliphatic carbocycles. The Kier molecular flexibility index (Phi) is 5.15. The Bertz CT molecular complexity index is 1220. The maximum Gasteiger partial charge on any atom is 0.255 e. The fourth-order valence-electron chi connectivity index (χ4n) is 4.34. The number of amides is 3. The number of fused-ring (bicyclic) bond motifs is 1. The first-order valence-electron chi connectivity index (χ1n) is 12.6. The van der Waals surface area contributed by atoms with Crippen LogP contribution in [-0.2, 0) is 33.9 Å². The molecule has 0 spiro atoms. The van der Waals surface area contributed by atoms with Crippen LogP contribution in [0, 0.1) is 0 Å². The van der Waals surface area contributed by atoms with Crippen molar-refractivity contribution in [3.63, 3.8) is 0 Å². The minimum atomic E-state index is -2.42. The standard InChI is InChI=1S/C25H28N4O4/c30-23-8-7-22(24(31)27-23)29-16-20-19(25(29)32)5-2-6-21(20)26-14-17-3-1-4-18(13-17)15-28-9-11-33-12-10-28/h1-6,13,22,26H,7-12,14-16H2,(H,27,30,31)/i16D2,22D. The number of nitrogens with one attached hydrogen (secondary N) is 2. The molecule has 3 heterocycles. The van der Waals surface area contributed by atoms with Gasteiger partial charge in [-0.15, -0.1) is 0 Å². The van der Waals surface area contributed by atoms with Gasteiger partial charge in [0, 0.05) is 55.9 Å². The lowest BCUT2D eigenvalue weighted by Gasteiger charge is -2.29. The number of hydrogen-bond donors (Lipinski definition) is 2. The number of anilines is 1. The first-order valence-corrected chi connectivity index (χ1v) is 11.1. The number of benzene rings is 2. The Morgan fingerprint density at radius 2 is 1.91 bits per heavy atom. The first kappa shape index (κ1) is 18.2. The van der Waals surface area contributed by atoms with E-state index in [0.717, 1.165) is 38.4 Å². The van der Waals surface area contributed by atoms with Crippen molar-refractivity contribution < 1.29 is 23.2 Å². The lowest BCUT2D eigenvalue weighted by Crippen LogP contribution is -2.52. The van der Waals surface area contributed by atoms with E-state index in [1.807, 2.05) is 12.1 Å². The molecule has 3 aliphatic rings. The molecule has 8 nitrogen and oxygen atoms in total. The molecule has 1 atom stereocenters. The van der Waals surface area contributed by atoms with E-state index in [1.165, 1.54) is 11.6 Å². The molecular formula is C25H28N4O4. The van der Waals surface area contributed by atoms with Gasteiger partial charge in [-0.2, -0.15) is 0 Å². The van der Waals surface area contributed by atoms with Crippen LogP contribution in [0.1, 0.15) is 44.0 Å². The molecular weight excluding hydrogens is 420 g/mol. The summed E-state index contributed by atoms with van der Waals surface area (Å²) in [6.07, 6.45) is -0.410. The van der Waals surface area contributed by atoms with Crippen molar-refractivity contribution in [1.82, 2.24) is 15.1 Å². The summed E-state index contributed by atoms with van der Waals surface area (Å²) < 4.78 is 31.7. The predicted molar refractivity (Wildman–Crippen MR) is 122 cm³/mol. The summed E-state index contributed by atoms with van der Waals surface area (Å²) in [6.45, 7) is 2.04. The molecule has 8 heteroatoms. The minimum absolute atomic E-state index is 0.0933. The lowest BCUT2D eigenvalue weighted by molar-refractivity contribution is -0.136. The second-order valence-electron chi connectivity index (χ2n) is 8.37. The Balaban J connectivity index is 1.37. The Hall–Kier alpha value is -3.23. The van der Waals surface area contributed by atoms with Gasteiger partial charge in [0.25, 0.3) is 5.91 Å². The van der Waals surface area contributed by atoms with Crippen molar-refractivity contribution >= 4 is 23.4 Å². The summed E-state index contributed by atoms with van der Waals surface area (Å²) in [7, 11) is 0. The summed E-state index contributed by atoms with van der Waals surface area (Å²) in [4.78, 5) is 40.4. The van der Waals surface area contributed by atoms with E-state index in [2.05, 4.69) is 27.7 Å². The van der Waals surface area contributed by atoms with E-state index in [-0.39, 0.29) is 24.0 Å². The van der Waals surface area contributed by atoms with Crippen molar-refractivity contribution in [2.45, 2.75) is 38.4 Å². The Morgan fingerprint density at radius 1 is 1.12 bits per heavy atom. The fraction of sp³-hybridized carbons (Fsp3) is 0.400. The van der Waals surface area contributed by atoms with Crippen molar-refractivity contribution in [1.29, 1.82) is 0 Å². The van der Waals surface area contributed by atoms with Crippen molar-refractivity contribution in [3.05, 3.63) is 64.7 Å². The van der Waals surface area contributed by atoms with Crippen molar-refractivity contribution in [3.8, 4) is 0 Å². The number of carbonyl (C=O) groups is 3. The quantitative estimate of drug-likeness (QED) is 0.652. The van der Waals surface area contributed by atoms with Crippen LogP contribution in [-0.4, -0.2) is 59.8 Å². The Morgan fingerprint density at radius 3 is 2.73 bits per heavy atom. The summed E-state index contributed by atoms with van der Waals surface area (Å²) in [5.41, 5.74) is 2.78. The van der Waals surface area contributed by atoms with Gasteiger partial charge in [-0.3, -0.25) is 24.6 Å². The van der Waals surface area contributed by atoms with Gasteiger partial charge < -0.3 is 15.0 Å². The number of morpholine rings is 1. The molecule has 1 unspecified atom stereocenters. The number of imide groups is 1. The molecule has 0 aromatic heterocycles. The van der Waals surface area contributed by atoms with Crippen LogP contribution in [0.3, 0.4) is 0 Å². The third-order valence-corrected chi connectivity index (χ3v) is 6.08. The number of carbonyl (C=O) groups excluding carboxylic acids is 3. The van der Waals surface area contributed by atoms with Crippen LogP contribution in [0.2, 0.25) is 0 Å². The van der Waals surface area contributed by atoms with Crippen molar-refractivity contribution in [2.75, 3.05) is 31.6 Å². The highest BCUT2D eigenvalue weighted by atomic mass is 16.5. The number of piperidine rings is 1. The van der Waals surface area contributed by atoms with Gasteiger partial charge in [-0.05, 0) is 29.7 Å². The maximum atomic E-state index is 13.3. The minimum Gasteiger partial charge on any atom is -0.381 e. The van der Waals surface area contributed by atoms with Crippen molar-refractivity contribution in [2.24, 2.45) is 0 Å². The van der Waals surface area contributed by atoms with Gasteiger partial charge in [0.15, 0.2) is 0 Å². The van der Waals surface area contributed by atoms with E-state index >= 15 is 0 Å². The normalized spacial score (nSPS) is 26.2. The molecule has 2 aromatic rings. The van der Waals surface area contributed by atoms with Crippen LogP contribution < -0.4 is 10.6 Å². The van der Waals surface area contributed by atoms with E-state index in [1.54, 1.807) is 12.1 Å². The second-order valence-corrected chi connectivity index (χ2v) is 8.37. The second kappa shape index (κ2) is 9.33. The third kappa shape index (κ3) is 4.62. The van der Waals surface area contributed by atoms with Gasteiger partial charge in [0.1, 0.15) is 6.02 Å². The fourth-order valence-corrected chi connectivity index (χ4v) is 4.34. The highest BCUT2D eigenvalue weighted by molar-refractivity contribution is 6.06. The number of hydrogen-bond acceptors (Lipinski definition) is 6. The molecule has 5 rings (SSSR count). The number of ether oxygens (including phenoxy) is 1. The number of nitrogens with zero attached hydrogens (tertiary/aromatic N) is 2. The number of rotatable bonds is 6. The zero-order valence-electron chi connectivity index (χ0n) is 21.2. The molecule has 33 heavy (non-hydrogen) atoms. The molecule has 3 amide bonds. The first-order chi connectivity index (χ1) is 17.2. The molecule has 3 aliphatic heterocycles. The van der Waals surface area contributed by atoms with Crippen LogP contribution in [0.25, 0.3) is 0 Å². The SMILES string of the molecule is [2H]C1(N2C(=O)c3cccc(NCc4cccc(CN5CCOCC5)c4)c3C2([2H])[2H])CCC(=O)NC1=O. The molecule has 2 saturated heterocycles. The predicted octanol–water partition coefficient (Wildman–Crippen LogP) is 1.89. The zero-order valence-corrected chi connectivity index (χ0v) is 18.2. The highest BCUT2D eigenvalue weighted by Crippen LogP contribution is 2.32. The molecule has 0 bridgehead atoms. The summed E-state index contributed by atoms with van der Waals surface area (Å²) in [5, 5.41) is 5.33. The van der Waals surface area contributed by atoms with E-state index in [4.69, 9.17) is 8.85 Å². The van der Waals surface area contributed by atoms with E-state index < -0.39 is 30.2 Å². The summed E-state index contributed by atoms with van der Waals surface area (Å²) >= 11 is 0. The van der Waals surface area contributed by atoms with E-state index in [9.17, 15) is 14.4 Å². The van der Waals surface area contributed by atoms with Gasteiger partial charge >= 0.3 is 0 Å². The largest absolute Gasteiger partial charge is 0.381 e. The van der Waals surface area contributed by atoms with Crippen LogP contribution >= 0.6 is 0 Å². The van der Waals surface area contributed by atoms with Crippen LogP contribution in [0.5, 0.6) is 0 Å². The van der Waals surface area contributed by atoms with Crippen LogP contribution in [0.15, 0.2) is 42.5 Å². The molecule has 172 valence electrons. The maximum absolute atomic E-state index is 13.3. The zero-order chi connectivity index (χ0) is 25.5. The van der Waals surface area contributed by atoms with E-state index in [0.29, 0.717) is 17.1 Å². The molecule has 2 aromatic carbocycles. The average Bonchev–Trinajstić information content (AvgIpc) is 3.07. The smallest absolute Gasteiger partial charge is 0.255 e. The lowest BCUT2D eigenvalue weighted by atomic mass is 10.0. The molecule has 2 N–H and O–H groups in total. The average molecular weight is 452 g/mol.